The second kappa shape index (κ2) is 7.29. The summed E-state index contributed by atoms with van der Waals surface area (Å²) in [7, 11) is 0. The van der Waals surface area contributed by atoms with E-state index in [1.165, 1.54) is 5.56 Å². The highest BCUT2D eigenvalue weighted by molar-refractivity contribution is 9.10. The number of rotatable bonds is 4. The Balaban J connectivity index is 1.57. The monoisotopic (exact) mass is 368 g/mol. The lowest BCUT2D eigenvalue weighted by Crippen LogP contribution is -2.30. The molecule has 0 aliphatic rings. The van der Waals surface area contributed by atoms with E-state index in [1.54, 1.807) is 0 Å². The molecule has 0 aliphatic carbocycles. The minimum absolute atomic E-state index is 0.182. The van der Waals surface area contributed by atoms with E-state index in [2.05, 4.69) is 26.6 Å². The van der Waals surface area contributed by atoms with Crippen LogP contribution in [0.2, 0.25) is 0 Å². The molecule has 0 radical (unpaired) electrons. The van der Waals surface area contributed by atoms with Crippen molar-refractivity contribution in [2.75, 3.05) is 11.9 Å². The van der Waals surface area contributed by atoms with Crippen molar-refractivity contribution in [1.29, 1.82) is 0 Å². The van der Waals surface area contributed by atoms with E-state index < -0.39 is 0 Å². The minimum Gasteiger partial charge on any atom is -0.338 e. The van der Waals surface area contributed by atoms with Crippen LogP contribution >= 0.6 is 15.9 Å². The number of halogens is 1. The van der Waals surface area contributed by atoms with Gasteiger partial charge in [-0.3, -0.25) is 0 Å². The average Bonchev–Trinajstić information content (AvgIpc) is 2.57. The fraction of sp³-hybridized carbons (Fsp3) is 0.105. The number of anilines is 1. The molecule has 0 bridgehead atoms. The van der Waals surface area contributed by atoms with E-state index in [9.17, 15) is 4.79 Å². The Bertz CT molecular complexity index is 810. The Morgan fingerprint density at radius 2 is 1.65 bits per heavy atom. The molecule has 2 N–H and O–H groups in total. The molecule has 0 heterocycles. The third-order valence-corrected chi connectivity index (χ3v) is 4.18. The van der Waals surface area contributed by atoms with Crippen molar-refractivity contribution in [2.45, 2.75) is 6.42 Å². The first-order valence-corrected chi connectivity index (χ1v) is 8.29. The molecule has 0 fully saturated rings. The maximum absolute atomic E-state index is 12.1. The van der Waals surface area contributed by atoms with Gasteiger partial charge in [0.25, 0.3) is 0 Å². The van der Waals surface area contributed by atoms with Crippen molar-refractivity contribution in [3.8, 4) is 0 Å². The molecule has 0 aromatic heterocycles. The van der Waals surface area contributed by atoms with Gasteiger partial charge in [0.15, 0.2) is 0 Å². The molecule has 0 saturated heterocycles. The first kappa shape index (κ1) is 15.6. The van der Waals surface area contributed by atoms with Gasteiger partial charge in [0.05, 0.1) is 5.69 Å². The predicted octanol–water partition coefficient (Wildman–Crippen LogP) is 4.97. The van der Waals surface area contributed by atoms with Crippen LogP contribution in [0, 0.1) is 0 Å². The molecule has 0 spiro atoms. The van der Waals surface area contributed by atoms with E-state index in [0.29, 0.717) is 6.54 Å². The van der Waals surface area contributed by atoms with Crippen molar-refractivity contribution < 1.29 is 4.79 Å². The summed E-state index contributed by atoms with van der Waals surface area (Å²) in [6, 6.07) is 21.8. The maximum Gasteiger partial charge on any atom is 0.319 e. The zero-order valence-electron chi connectivity index (χ0n) is 12.6. The number of carbonyl (C=O) groups excluding carboxylic acids is 1. The number of amides is 2. The van der Waals surface area contributed by atoms with Crippen molar-refractivity contribution in [3.63, 3.8) is 0 Å². The lowest BCUT2D eigenvalue weighted by molar-refractivity contribution is 0.252. The van der Waals surface area contributed by atoms with E-state index in [-0.39, 0.29) is 6.03 Å². The van der Waals surface area contributed by atoms with Crippen LogP contribution in [-0.4, -0.2) is 12.6 Å². The van der Waals surface area contributed by atoms with Crippen LogP contribution < -0.4 is 10.6 Å². The number of nitrogens with one attached hydrogen (secondary N) is 2. The molecule has 3 aromatic rings. The molecular weight excluding hydrogens is 352 g/mol. The Labute approximate surface area is 143 Å². The van der Waals surface area contributed by atoms with Crippen LogP contribution in [0.25, 0.3) is 10.8 Å². The van der Waals surface area contributed by atoms with Gasteiger partial charge in [-0.2, -0.15) is 0 Å². The summed E-state index contributed by atoms with van der Waals surface area (Å²) < 4.78 is 1.06. The number of carbonyl (C=O) groups is 1. The summed E-state index contributed by atoms with van der Waals surface area (Å²) in [4.78, 5) is 12.1. The van der Waals surface area contributed by atoms with Crippen LogP contribution in [0.1, 0.15) is 5.56 Å². The Morgan fingerprint density at radius 3 is 2.48 bits per heavy atom. The van der Waals surface area contributed by atoms with Crippen LogP contribution in [0.5, 0.6) is 0 Å². The molecule has 0 unspecified atom stereocenters. The Kier molecular flexibility index (Phi) is 4.93. The average molecular weight is 369 g/mol. The number of urea groups is 1. The van der Waals surface area contributed by atoms with Crippen LogP contribution in [0.3, 0.4) is 0 Å². The molecule has 0 aliphatic heterocycles. The summed E-state index contributed by atoms with van der Waals surface area (Å²) in [6.45, 7) is 0.595. The van der Waals surface area contributed by atoms with Crippen LogP contribution in [0.15, 0.2) is 71.2 Å². The van der Waals surface area contributed by atoms with E-state index in [0.717, 1.165) is 27.4 Å². The fourth-order valence-corrected chi connectivity index (χ4v) is 2.74. The van der Waals surface area contributed by atoms with E-state index in [1.807, 2.05) is 66.7 Å². The van der Waals surface area contributed by atoms with Gasteiger partial charge < -0.3 is 10.6 Å². The molecule has 3 aromatic carbocycles. The molecule has 3 rings (SSSR count). The highest BCUT2D eigenvalue weighted by atomic mass is 79.9. The molecule has 2 amide bonds. The van der Waals surface area contributed by atoms with Crippen molar-refractivity contribution in [1.82, 2.24) is 5.32 Å². The summed E-state index contributed by atoms with van der Waals surface area (Å²) in [5.74, 6) is 0. The highest BCUT2D eigenvalue weighted by Crippen LogP contribution is 2.22. The highest BCUT2D eigenvalue weighted by Gasteiger charge is 2.04. The van der Waals surface area contributed by atoms with Crippen molar-refractivity contribution >= 4 is 38.4 Å². The molecule has 23 heavy (non-hydrogen) atoms. The van der Waals surface area contributed by atoms with Gasteiger partial charge in [0, 0.05) is 16.4 Å². The summed E-state index contributed by atoms with van der Waals surface area (Å²) in [5.41, 5.74) is 2.02. The maximum atomic E-state index is 12.1. The number of hydrogen-bond acceptors (Lipinski definition) is 1. The quantitative estimate of drug-likeness (QED) is 0.670. The van der Waals surface area contributed by atoms with Gasteiger partial charge in [-0.05, 0) is 35.6 Å². The first-order chi connectivity index (χ1) is 11.2. The fourth-order valence-electron chi connectivity index (χ4n) is 2.47. The summed E-state index contributed by atoms with van der Waals surface area (Å²) in [6.07, 6.45) is 0.802. The van der Waals surface area contributed by atoms with Crippen LogP contribution in [0.4, 0.5) is 10.5 Å². The Hall–Kier alpha value is -2.33. The normalized spacial score (nSPS) is 10.5. The molecule has 0 saturated carbocycles. The second-order valence-electron chi connectivity index (χ2n) is 5.28. The SMILES string of the molecule is O=C(NCCc1ccc(Br)cc1)Nc1cccc2ccccc12. The van der Waals surface area contributed by atoms with Gasteiger partial charge in [-0.1, -0.05) is 64.5 Å². The number of hydrogen-bond donors (Lipinski definition) is 2. The predicted molar refractivity (Wildman–Crippen MR) is 98.8 cm³/mol. The van der Waals surface area contributed by atoms with E-state index in [4.69, 9.17) is 0 Å². The lowest BCUT2D eigenvalue weighted by atomic mass is 10.1. The first-order valence-electron chi connectivity index (χ1n) is 7.49. The van der Waals surface area contributed by atoms with Gasteiger partial charge in [-0.25, -0.2) is 4.79 Å². The van der Waals surface area contributed by atoms with Crippen LogP contribution in [-0.2, 0) is 6.42 Å². The third-order valence-electron chi connectivity index (χ3n) is 3.65. The number of fused-ring (bicyclic) bond motifs is 1. The minimum atomic E-state index is -0.182. The largest absolute Gasteiger partial charge is 0.338 e. The van der Waals surface area contributed by atoms with Crippen molar-refractivity contribution in [2.24, 2.45) is 0 Å². The molecule has 116 valence electrons. The molecule has 3 nitrogen and oxygen atoms in total. The third kappa shape index (κ3) is 4.11. The molecule has 4 heteroatoms. The molecule has 0 atom stereocenters. The van der Waals surface area contributed by atoms with Gasteiger partial charge in [-0.15, -0.1) is 0 Å². The lowest BCUT2D eigenvalue weighted by Gasteiger charge is -2.10. The summed E-state index contributed by atoms with van der Waals surface area (Å²) in [5, 5.41) is 7.97. The topological polar surface area (TPSA) is 41.1 Å². The van der Waals surface area contributed by atoms with Gasteiger partial charge in [0.2, 0.25) is 0 Å². The zero-order valence-corrected chi connectivity index (χ0v) is 14.1. The standard InChI is InChI=1S/C19H17BrN2O/c20-16-10-8-14(9-11-16)12-13-21-19(23)22-18-7-3-5-15-4-1-2-6-17(15)18/h1-11H,12-13H2,(H2,21,22,23). The summed E-state index contributed by atoms with van der Waals surface area (Å²) >= 11 is 3.41. The van der Waals surface area contributed by atoms with Gasteiger partial charge >= 0.3 is 6.03 Å². The Morgan fingerprint density at radius 1 is 0.913 bits per heavy atom. The second-order valence-corrected chi connectivity index (χ2v) is 6.20. The number of benzene rings is 3. The van der Waals surface area contributed by atoms with Gasteiger partial charge in [0.1, 0.15) is 0 Å². The van der Waals surface area contributed by atoms with E-state index >= 15 is 0 Å². The molecular formula is C19H17BrN2O. The smallest absolute Gasteiger partial charge is 0.319 e. The van der Waals surface area contributed by atoms with Crippen molar-refractivity contribution in [3.05, 3.63) is 76.8 Å². The zero-order chi connectivity index (χ0) is 16.1.